The number of ether oxygens (including phenoxy) is 1. The van der Waals surface area contributed by atoms with Gasteiger partial charge >= 0.3 is 5.97 Å². The Morgan fingerprint density at radius 1 is 1.13 bits per heavy atom. The van der Waals surface area contributed by atoms with Gasteiger partial charge in [-0.1, -0.05) is 13.0 Å². The third kappa shape index (κ3) is 5.61. The van der Waals surface area contributed by atoms with Gasteiger partial charge in [0.25, 0.3) is 0 Å². The van der Waals surface area contributed by atoms with Crippen molar-refractivity contribution in [3.05, 3.63) is 64.8 Å². The first-order chi connectivity index (χ1) is 14.9. The van der Waals surface area contributed by atoms with Gasteiger partial charge in [0.1, 0.15) is 9.88 Å². The van der Waals surface area contributed by atoms with Crippen molar-refractivity contribution >= 4 is 34.7 Å². The number of Topliss-reactive ketones (excluding diaryl/α,β-unsaturated/α-hetero) is 1. The lowest BCUT2D eigenvalue weighted by atomic mass is 10.1. The molecule has 8 heteroatoms. The highest BCUT2D eigenvalue weighted by Gasteiger charge is 2.24. The quantitative estimate of drug-likeness (QED) is 0.406. The summed E-state index contributed by atoms with van der Waals surface area (Å²) in [7, 11) is 0. The number of aromatic nitrogens is 2. The van der Waals surface area contributed by atoms with Gasteiger partial charge in [-0.2, -0.15) is 0 Å². The molecule has 2 aromatic heterocycles. The van der Waals surface area contributed by atoms with Crippen molar-refractivity contribution in [2.75, 3.05) is 5.32 Å². The second-order valence-corrected chi connectivity index (χ2v) is 7.93. The predicted octanol–water partition coefficient (Wildman–Crippen LogP) is 4.68. The Morgan fingerprint density at radius 2 is 1.87 bits per heavy atom. The highest BCUT2D eigenvalue weighted by molar-refractivity contribution is 7.17. The van der Waals surface area contributed by atoms with Gasteiger partial charge in [0.15, 0.2) is 6.10 Å². The minimum Gasteiger partial charge on any atom is -0.450 e. The minimum atomic E-state index is -0.965. The smallest absolute Gasteiger partial charge is 0.350 e. The molecule has 31 heavy (non-hydrogen) atoms. The highest BCUT2D eigenvalue weighted by atomic mass is 32.1. The highest BCUT2D eigenvalue weighted by Crippen LogP contribution is 2.27. The van der Waals surface area contributed by atoms with E-state index >= 15 is 0 Å². The second-order valence-electron chi connectivity index (χ2n) is 6.94. The van der Waals surface area contributed by atoms with Crippen LogP contribution in [0, 0.1) is 6.92 Å². The summed E-state index contributed by atoms with van der Waals surface area (Å²) < 4.78 is 5.40. The summed E-state index contributed by atoms with van der Waals surface area (Å²) in [6.45, 7) is 5.18. The molecule has 1 unspecified atom stereocenters. The Kier molecular flexibility index (Phi) is 7.25. The summed E-state index contributed by atoms with van der Waals surface area (Å²) in [6, 6.07) is 12.0. The molecule has 0 bridgehead atoms. The second kappa shape index (κ2) is 10.1. The summed E-state index contributed by atoms with van der Waals surface area (Å²) in [5.41, 5.74) is 2.21. The van der Waals surface area contributed by atoms with Gasteiger partial charge < -0.3 is 10.1 Å². The number of esters is 1. The fourth-order valence-corrected chi connectivity index (χ4v) is 3.78. The van der Waals surface area contributed by atoms with E-state index < -0.39 is 12.1 Å². The lowest BCUT2D eigenvalue weighted by Gasteiger charge is -2.12. The summed E-state index contributed by atoms with van der Waals surface area (Å²) in [4.78, 5) is 45.9. The molecule has 1 atom stereocenters. The monoisotopic (exact) mass is 437 g/mol. The molecule has 0 aliphatic heterocycles. The number of anilines is 1. The summed E-state index contributed by atoms with van der Waals surface area (Å²) in [5.74, 6) is -0.998. The van der Waals surface area contributed by atoms with E-state index in [1.165, 1.54) is 18.3 Å². The number of pyridine rings is 1. The van der Waals surface area contributed by atoms with Crippen molar-refractivity contribution in [3.63, 3.8) is 0 Å². The molecule has 0 aliphatic carbocycles. The molecule has 0 aliphatic rings. The number of amides is 1. The number of rotatable bonds is 8. The van der Waals surface area contributed by atoms with E-state index in [9.17, 15) is 14.4 Å². The first kappa shape index (κ1) is 22.3. The molecule has 1 aromatic carbocycles. The first-order valence-electron chi connectivity index (χ1n) is 9.93. The van der Waals surface area contributed by atoms with Gasteiger partial charge in [0.2, 0.25) is 11.7 Å². The van der Waals surface area contributed by atoms with Gasteiger partial charge in [-0.05, 0) is 56.7 Å². The van der Waals surface area contributed by atoms with Gasteiger partial charge in [-0.15, -0.1) is 11.3 Å². The number of thiazole rings is 1. The van der Waals surface area contributed by atoms with Gasteiger partial charge in [0, 0.05) is 23.9 Å². The fourth-order valence-electron chi connectivity index (χ4n) is 2.86. The van der Waals surface area contributed by atoms with Crippen LogP contribution in [0.15, 0.2) is 48.7 Å². The third-order valence-electron chi connectivity index (χ3n) is 4.45. The maximum atomic E-state index is 12.7. The minimum absolute atomic E-state index is 0.0751. The van der Waals surface area contributed by atoms with E-state index in [0.717, 1.165) is 6.42 Å². The molecule has 3 aromatic rings. The van der Waals surface area contributed by atoms with E-state index in [1.807, 2.05) is 19.1 Å². The summed E-state index contributed by atoms with van der Waals surface area (Å²) in [6.07, 6.45) is 1.89. The number of benzene rings is 1. The maximum absolute atomic E-state index is 12.7. The topological polar surface area (TPSA) is 98.2 Å². The number of ketones is 1. The molecule has 3 rings (SSSR count). The average Bonchev–Trinajstić information content (AvgIpc) is 3.16. The number of nitrogens with zero attached hydrogens (tertiary/aromatic N) is 2. The SMILES string of the molecule is CCCC(=O)Nc1ccc(C(=O)C(C)OC(=O)c2sc(-c3ccccn3)nc2C)cc1. The zero-order valence-electron chi connectivity index (χ0n) is 17.5. The molecule has 0 fully saturated rings. The van der Waals surface area contributed by atoms with E-state index in [4.69, 9.17) is 4.74 Å². The third-order valence-corrected chi connectivity index (χ3v) is 5.61. The van der Waals surface area contributed by atoms with Crippen molar-refractivity contribution in [2.45, 2.75) is 39.7 Å². The lowest BCUT2D eigenvalue weighted by Crippen LogP contribution is -2.24. The molecule has 1 amide bonds. The molecule has 7 nitrogen and oxygen atoms in total. The maximum Gasteiger partial charge on any atom is 0.350 e. The van der Waals surface area contributed by atoms with Crippen molar-refractivity contribution < 1.29 is 19.1 Å². The van der Waals surface area contributed by atoms with Crippen LogP contribution in [0.25, 0.3) is 10.7 Å². The number of hydrogen-bond acceptors (Lipinski definition) is 7. The van der Waals surface area contributed by atoms with Crippen molar-refractivity contribution in [2.24, 2.45) is 0 Å². The zero-order valence-corrected chi connectivity index (χ0v) is 18.4. The van der Waals surface area contributed by atoms with Crippen LogP contribution in [0.3, 0.4) is 0 Å². The predicted molar refractivity (Wildman–Crippen MR) is 119 cm³/mol. The summed E-state index contributed by atoms with van der Waals surface area (Å²) >= 11 is 1.18. The molecule has 0 saturated carbocycles. The largest absolute Gasteiger partial charge is 0.450 e. The normalized spacial score (nSPS) is 11.6. The standard InChI is InChI=1S/C23H23N3O4S/c1-4-7-19(27)26-17-11-9-16(10-12-17)20(28)15(3)30-23(29)21-14(2)25-22(31-21)18-8-5-6-13-24-18/h5-6,8-13,15H,4,7H2,1-3H3,(H,26,27). The molecule has 1 N–H and O–H groups in total. The van der Waals surface area contributed by atoms with Crippen LogP contribution in [0.1, 0.15) is 52.4 Å². The number of nitrogens with one attached hydrogen (secondary N) is 1. The molecular weight excluding hydrogens is 414 g/mol. The fraction of sp³-hybridized carbons (Fsp3) is 0.261. The van der Waals surface area contributed by atoms with Crippen LogP contribution in [-0.4, -0.2) is 33.7 Å². The van der Waals surface area contributed by atoms with Crippen LogP contribution < -0.4 is 5.32 Å². The molecular formula is C23H23N3O4S. The van der Waals surface area contributed by atoms with Crippen LogP contribution >= 0.6 is 11.3 Å². The molecule has 160 valence electrons. The number of hydrogen-bond donors (Lipinski definition) is 1. The van der Waals surface area contributed by atoms with Gasteiger partial charge in [0.05, 0.1) is 11.4 Å². The van der Waals surface area contributed by atoms with Crippen molar-refractivity contribution in [1.82, 2.24) is 9.97 Å². The van der Waals surface area contributed by atoms with Gasteiger partial charge in [-0.3, -0.25) is 14.6 Å². The van der Waals surface area contributed by atoms with E-state index in [-0.39, 0.29) is 11.7 Å². The Bertz CT molecular complexity index is 1080. The van der Waals surface area contributed by atoms with Crippen LogP contribution in [0.4, 0.5) is 5.69 Å². The molecule has 2 heterocycles. The average molecular weight is 438 g/mol. The summed E-state index contributed by atoms with van der Waals surface area (Å²) in [5, 5.41) is 3.38. The Labute approximate surface area is 184 Å². The zero-order chi connectivity index (χ0) is 22.4. The first-order valence-corrected chi connectivity index (χ1v) is 10.7. The molecule has 0 spiro atoms. The van der Waals surface area contributed by atoms with E-state index in [2.05, 4.69) is 15.3 Å². The Morgan fingerprint density at radius 3 is 2.52 bits per heavy atom. The van der Waals surface area contributed by atoms with Gasteiger partial charge in [-0.25, -0.2) is 9.78 Å². The Hall–Kier alpha value is -3.39. The number of aryl methyl sites for hydroxylation is 1. The Balaban J connectivity index is 1.65. The number of carbonyl (C=O) groups is 3. The molecule has 0 saturated heterocycles. The van der Waals surface area contributed by atoms with E-state index in [1.54, 1.807) is 43.5 Å². The van der Waals surface area contributed by atoms with Crippen LogP contribution in [-0.2, 0) is 9.53 Å². The molecule has 0 radical (unpaired) electrons. The van der Waals surface area contributed by atoms with Crippen molar-refractivity contribution in [1.29, 1.82) is 0 Å². The number of carbonyl (C=O) groups excluding carboxylic acids is 3. The van der Waals surface area contributed by atoms with Crippen LogP contribution in [0.2, 0.25) is 0 Å². The lowest BCUT2D eigenvalue weighted by molar-refractivity contribution is -0.116. The van der Waals surface area contributed by atoms with Crippen LogP contribution in [0.5, 0.6) is 0 Å². The van der Waals surface area contributed by atoms with E-state index in [0.29, 0.717) is 38.9 Å². The van der Waals surface area contributed by atoms with Crippen molar-refractivity contribution in [3.8, 4) is 10.7 Å².